The van der Waals surface area contributed by atoms with E-state index < -0.39 is 30.7 Å². The minimum atomic E-state index is -3.13. The molecule has 5 nitrogen and oxygen atoms in total. The number of benzene rings is 1. The molecule has 1 rings (SSSR count). The van der Waals surface area contributed by atoms with Crippen LogP contribution >= 0.6 is 11.6 Å². The standard InChI is InChI=1S/C15H21ClF2N2O3/c1-14(2,3)23-13(22)20-9-15(17,18)8-19-7-10-4-5-12(21)11(16)6-10/h4-6,19,21H,7-9H2,1-3H3,(H,20,22). The fraction of sp³-hybridized carbons (Fsp3) is 0.533. The van der Waals surface area contributed by atoms with Gasteiger partial charge in [0, 0.05) is 6.54 Å². The van der Waals surface area contributed by atoms with E-state index in [1.54, 1.807) is 26.8 Å². The molecule has 0 saturated heterocycles. The highest BCUT2D eigenvalue weighted by molar-refractivity contribution is 6.32. The van der Waals surface area contributed by atoms with Gasteiger partial charge in [0.25, 0.3) is 5.92 Å². The Morgan fingerprint density at radius 2 is 1.96 bits per heavy atom. The number of alkyl carbamates (subject to hydrolysis) is 1. The van der Waals surface area contributed by atoms with E-state index in [9.17, 15) is 18.7 Å². The van der Waals surface area contributed by atoms with Crippen molar-refractivity contribution in [2.45, 2.75) is 38.8 Å². The molecule has 0 radical (unpaired) electrons. The summed E-state index contributed by atoms with van der Waals surface area (Å²) in [4.78, 5) is 11.3. The summed E-state index contributed by atoms with van der Waals surface area (Å²) in [6.07, 6.45) is -0.887. The molecule has 23 heavy (non-hydrogen) atoms. The van der Waals surface area contributed by atoms with E-state index in [-0.39, 0.29) is 17.3 Å². The van der Waals surface area contributed by atoms with Gasteiger partial charge in [0.1, 0.15) is 11.4 Å². The Labute approximate surface area is 139 Å². The van der Waals surface area contributed by atoms with Gasteiger partial charge in [-0.15, -0.1) is 0 Å². The Hall–Kier alpha value is -1.60. The zero-order valence-corrected chi connectivity index (χ0v) is 14.0. The molecule has 1 amide bonds. The molecule has 0 saturated carbocycles. The van der Waals surface area contributed by atoms with Crippen LogP contribution in [0.15, 0.2) is 18.2 Å². The van der Waals surface area contributed by atoms with Crippen LogP contribution in [-0.2, 0) is 11.3 Å². The number of hydrogen-bond donors (Lipinski definition) is 3. The molecular formula is C15H21ClF2N2O3. The van der Waals surface area contributed by atoms with Crippen molar-refractivity contribution < 1.29 is 23.4 Å². The van der Waals surface area contributed by atoms with Gasteiger partial charge in [-0.3, -0.25) is 0 Å². The summed E-state index contributed by atoms with van der Waals surface area (Å²) in [5.74, 6) is -3.19. The average molecular weight is 351 g/mol. The second-order valence-corrected chi connectivity index (χ2v) is 6.51. The topological polar surface area (TPSA) is 70.6 Å². The summed E-state index contributed by atoms with van der Waals surface area (Å²) in [7, 11) is 0. The number of phenols is 1. The van der Waals surface area contributed by atoms with Crippen LogP contribution in [0, 0.1) is 0 Å². The fourth-order valence-electron chi connectivity index (χ4n) is 1.63. The molecule has 1 aromatic carbocycles. The number of phenolic OH excluding ortho intramolecular Hbond substituents is 1. The van der Waals surface area contributed by atoms with Crippen molar-refractivity contribution in [1.82, 2.24) is 10.6 Å². The Morgan fingerprint density at radius 3 is 2.52 bits per heavy atom. The number of alkyl halides is 2. The molecule has 0 aliphatic carbocycles. The first-order valence-corrected chi connectivity index (χ1v) is 7.39. The normalized spacial score (nSPS) is 12.1. The van der Waals surface area contributed by atoms with Crippen LogP contribution in [0.3, 0.4) is 0 Å². The third kappa shape index (κ3) is 7.99. The largest absolute Gasteiger partial charge is 0.506 e. The molecule has 0 aromatic heterocycles. The van der Waals surface area contributed by atoms with Gasteiger partial charge in [-0.25, -0.2) is 13.6 Å². The first kappa shape index (κ1) is 19.4. The third-order valence-electron chi connectivity index (χ3n) is 2.62. The quantitative estimate of drug-likeness (QED) is 0.736. The SMILES string of the molecule is CC(C)(C)OC(=O)NCC(F)(F)CNCc1ccc(O)c(Cl)c1. The second-order valence-electron chi connectivity index (χ2n) is 6.10. The van der Waals surface area contributed by atoms with Crippen LogP contribution in [0.2, 0.25) is 5.02 Å². The van der Waals surface area contributed by atoms with Gasteiger partial charge in [-0.1, -0.05) is 17.7 Å². The van der Waals surface area contributed by atoms with Gasteiger partial charge in [0.05, 0.1) is 18.1 Å². The van der Waals surface area contributed by atoms with E-state index in [2.05, 4.69) is 5.32 Å². The van der Waals surface area contributed by atoms with Crippen molar-refractivity contribution in [2.24, 2.45) is 0 Å². The number of ether oxygens (including phenoxy) is 1. The molecule has 130 valence electrons. The Bertz CT molecular complexity index is 548. The van der Waals surface area contributed by atoms with E-state index in [1.165, 1.54) is 12.1 Å². The number of amides is 1. The Morgan fingerprint density at radius 1 is 1.30 bits per heavy atom. The van der Waals surface area contributed by atoms with Crippen LogP contribution in [-0.4, -0.2) is 35.8 Å². The lowest BCUT2D eigenvalue weighted by Crippen LogP contribution is -2.44. The predicted molar refractivity (Wildman–Crippen MR) is 84.0 cm³/mol. The van der Waals surface area contributed by atoms with Crippen LogP contribution < -0.4 is 10.6 Å². The molecule has 0 bridgehead atoms. The lowest BCUT2D eigenvalue weighted by molar-refractivity contribution is -0.00376. The van der Waals surface area contributed by atoms with E-state index in [0.717, 1.165) is 0 Å². The maximum atomic E-state index is 13.7. The molecule has 0 unspecified atom stereocenters. The van der Waals surface area contributed by atoms with Gasteiger partial charge in [0.15, 0.2) is 0 Å². The highest BCUT2D eigenvalue weighted by atomic mass is 35.5. The maximum absolute atomic E-state index is 13.7. The Balaban J connectivity index is 2.37. The van der Waals surface area contributed by atoms with Crippen molar-refractivity contribution in [2.75, 3.05) is 13.1 Å². The first-order valence-electron chi connectivity index (χ1n) is 7.01. The summed E-state index contributed by atoms with van der Waals surface area (Å²) in [5, 5.41) is 14.0. The maximum Gasteiger partial charge on any atom is 0.407 e. The van der Waals surface area contributed by atoms with Crippen LogP contribution in [0.25, 0.3) is 0 Å². The zero-order valence-electron chi connectivity index (χ0n) is 13.3. The zero-order chi connectivity index (χ0) is 17.7. The molecule has 0 fully saturated rings. The molecule has 0 heterocycles. The number of halogens is 3. The fourth-order valence-corrected chi connectivity index (χ4v) is 1.83. The molecular weight excluding hydrogens is 330 g/mol. The lowest BCUT2D eigenvalue weighted by atomic mass is 10.2. The van der Waals surface area contributed by atoms with Crippen molar-refractivity contribution in [3.63, 3.8) is 0 Å². The predicted octanol–water partition coefficient (Wildman–Crippen LogP) is 3.30. The third-order valence-corrected chi connectivity index (χ3v) is 2.92. The first-order chi connectivity index (χ1) is 10.5. The number of hydrogen-bond acceptors (Lipinski definition) is 4. The monoisotopic (exact) mass is 350 g/mol. The van der Waals surface area contributed by atoms with Gasteiger partial charge in [-0.05, 0) is 38.5 Å². The highest BCUT2D eigenvalue weighted by Gasteiger charge is 2.30. The van der Waals surface area contributed by atoms with Gasteiger partial charge >= 0.3 is 6.09 Å². The van der Waals surface area contributed by atoms with Crippen LogP contribution in [0.1, 0.15) is 26.3 Å². The van der Waals surface area contributed by atoms with Crippen molar-refractivity contribution in [1.29, 1.82) is 0 Å². The van der Waals surface area contributed by atoms with Gasteiger partial charge in [-0.2, -0.15) is 0 Å². The van der Waals surface area contributed by atoms with Gasteiger partial charge in [0.2, 0.25) is 0 Å². The highest BCUT2D eigenvalue weighted by Crippen LogP contribution is 2.23. The van der Waals surface area contributed by atoms with Crippen LogP contribution in [0.4, 0.5) is 13.6 Å². The minimum absolute atomic E-state index is 0.0673. The van der Waals surface area contributed by atoms with E-state index in [1.807, 2.05) is 5.32 Å². The van der Waals surface area contributed by atoms with Crippen molar-refractivity contribution in [3.05, 3.63) is 28.8 Å². The van der Waals surface area contributed by atoms with Crippen molar-refractivity contribution >= 4 is 17.7 Å². The summed E-state index contributed by atoms with van der Waals surface area (Å²) in [5.41, 5.74) is -0.0841. The summed E-state index contributed by atoms with van der Waals surface area (Å²) < 4.78 is 32.2. The van der Waals surface area contributed by atoms with E-state index >= 15 is 0 Å². The summed E-state index contributed by atoms with van der Waals surface area (Å²) >= 11 is 5.73. The number of carbonyl (C=O) groups excluding carboxylic acids is 1. The number of aromatic hydroxyl groups is 1. The average Bonchev–Trinajstić information content (AvgIpc) is 2.39. The molecule has 0 aliphatic heterocycles. The number of carbonyl (C=O) groups is 1. The van der Waals surface area contributed by atoms with Gasteiger partial charge < -0.3 is 20.5 Å². The minimum Gasteiger partial charge on any atom is -0.506 e. The van der Waals surface area contributed by atoms with Crippen LogP contribution in [0.5, 0.6) is 5.75 Å². The summed E-state index contributed by atoms with van der Waals surface area (Å²) in [6.45, 7) is 3.65. The number of rotatable bonds is 6. The Kier molecular flexibility index (Phi) is 6.58. The summed E-state index contributed by atoms with van der Waals surface area (Å²) in [6, 6.07) is 4.45. The molecule has 0 spiro atoms. The second kappa shape index (κ2) is 7.79. The molecule has 3 N–H and O–H groups in total. The molecule has 0 atom stereocenters. The molecule has 1 aromatic rings. The van der Waals surface area contributed by atoms with Crippen molar-refractivity contribution in [3.8, 4) is 5.75 Å². The van der Waals surface area contributed by atoms with E-state index in [0.29, 0.717) is 5.56 Å². The number of nitrogens with one attached hydrogen (secondary N) is 2. The molecule has 0 aliphatic rings. The lowest BCUT2D eigenvalue weighted by Gasteiger charge is -2.22. The smallest absolute Gasteiger partial charge is 0.407 e. The molecule has 8 heteroatoms. The van der Waals surface area contributed by atoms with E-state index in [4.69, 9.17) is 16.3 Å².